The third-order valence-corrected chi connectivity index (χ3v) is 3.79. The van der Waals surface area contributed by atoms with Crippen LogP contribution >= 0.6 is 0 Å². The fourth-order valence-electron chi connectivity index (χ4n) is 2.52. The zero-order valence-corrected chi connectivity index (χ0v) is 10.2. The minimum absolute atomic E-state index is 0.189. The van der Waals surface area contributed by atoms with E-state index >= 15 is 0 Å². The van der Waals surface area contributed by atoms with Crippen molar-refractivity contribution in [2.45, 2.75) is 26.2 Å². The lowest BCUT2D eigenvalue weighted by Gasteiger charge is -2.24. The zero-order chi connectivity index (χ0) is 12.3. The summed E-state index contributed by atoms with van der Waals surface area (Å²) < 4.78 is 0. The molecule has 0 spiro atoms. The van der Waals surface area contributed by atoms with Crippen LogP contribution in [-0.2, 0) is 11.2 Å². The Hall–Kier alpha value is -1.35. The number of ketones is 1. The van der Waals surface area contributed by atoms with Crippen molar-refractivity contribution in [2.24, 2.45) is 5.41 Å². The Balaban J connectivity index is 2.10. The monoisotopic (exact) mass is 233 g/mol. The van der Waals surface area contributed by atoms with E-state index in [1.807, 2.05) is 6.07 Å². The molecule has 17 heavy (non-hydrogen) atoms. The summed E-state index contributed by atoms with van der Waals surface area (Å²) in [4.78, 5) is 12.4. The molecule has 1 aromatic carbocycles. The molecule has 0 radical (unpaired) electrons. The van der Waals surface area contributed by atoms with Crippen LogP contribution in [0.3, 0.4) is 0 Å². The summed E-state index contributed by atoms with van der Waals surface area (Å²) in [6.45, 7) is 3.80. The molecule has 3 heteroatoms. The molecule has 0 bridgehead atoms. The van der Waals surface area contributed by atoms with Gasteiger partial charge in [-0.3, -0.25) is 4.79 Å². The molecule has 1 saturated heterocycles. The third-order valence-electron chi connectivity index (χ3n) is 3.79. The lowest BCUT2D eigenvalue weighted by molar-refractivity contribution is -0.127. The van der Waals surface area contributed by atoms with Gasteiger partial charge in [0.1, 0.15) is 11.5 Å². The predicted molar refractivity (Wildman–Crippen MR) is 67.0 cm³/mol. The first-order chi connectivity index (χ1) is 8.16. The lowest BCUT2D eigenvalue weighted by atomic mass is 9.78. The van der Waals surface area contributed by atoms with E-state index in [9.17, 15) is 9.90 Å². The smallest absolute Gasteiger partial charge is 0.144 e. The predicted octanol–water partition coefficient (Wildman–Crippen LogP) is 1.89. The summed E-state index contributed by atoms with van der Waals surface area (Å²) >= 11 is 0. The number of nitrogens with one attached hydrogen (secondary N) is 1. The van der Waals surface area contributed by atoms with E-state index in [1.54, 1.807) is 18.2 Å². The van der Waals surface area contributed by atoms with Crippen molar-refractivity contribution in [2.75, 3.05) is 13.1 Å². The molecule has 1 unspecified atom stereocenters. The van der Waals surface area contributed by atoms with E-state index in [2.05, 4.69) is 12.2 Å². The molecule has 1 atom stereocenters. The highest BCUT2D eigenvalue weighted by molar-refractivity contribution is 5.87. The van der Waals surface area contributed by atoms with Crippen LogP contribution in [0.25, 0.3) is 0 Å². The van der Waals surface area contributed by atoms with E-state index < -0.39 is 0 Å². The molecule has 0 amide bonds. The number of carbonyl (C=O) groups excluding carboxylic acids is 1. The number of phenolic OH excluding ortho intramolecular Hbond substituents is 1. The Morgan fingerprint density at radius 2 is 2.35 bits per heavy atom. The molecular weight excluding hydrogens is 214 g/mol. The largest absolute Gasteiger partial charge is 0.508 e. The topological polar surface area (TPSA) is 49.3 Å². The van der Waals surface area contributed by atoms with Crippen molar-refractivity contribution in [1.82, 2.24) is 5.32 Å². The van der Waals surface area contributed by atoms with Gasteiger partial charge in [-0.1, -0.05) is 19.1 Å². The standard InChI is InChI=1S/C14H19NO2/c1-2-14(6-7-15-10-14)13(17)9-11-4-3-5-12(16)8-11/h3-5,8,15-16H,2,6-7,9-10H2,1H3. The first-order valence-electron chi connectivity index (χ1n) is 6.18. The van der Waals surface area contributed by atoms with Crippen molar-refractivity contribution in [1.29, 1.82) is 0 Å². The van der Waals surface area contributed by atoms with Crippen LogP contribution in [0.4, 0.5) is 0 Å². The van der Waals surface area contributed by atoms with E-state index in [1.165, 1.54) is 0 Å². The molecule has 0 saturated carbocycles. The maximum atomic E-state index is 12.4. The Morgan fingerprint density at radius 3 is 2.94 bits per heavy atom. The van der Waals surface area contributed by atoms with Crippen molar-refractivity contribution >= 4 is 5.78 Å². The van der Waals surface area contributed by atoms with Crippen LogP contribution in [-0.4, -0.2) is 24.0 Å². The van der Waals surface area contributed by atoms with Gasteiger partial charge in [-0.2, -0.15) is 0 Å². The van der Waals surface area contributed by atoms with Gasteiger partial charge >= 0.3 is 0 Å². The highest BCUT2D eigenvalue weighted by Gasteiger charge is 2.38. The number of Topliss-reactive ketones (excluding diaryl/α,β-unsaturated/α-hetero) is 1. The molecule has 2 N–H and O–H groups in total. The Morgan fingerprint density at radius 1 is 1.53 bits per heavy atom. The summed E-state index contributed by atoms with van der Waals surface area (Å²) in [6.07, 6.45) is 2.24. The molecule has 1 heterocycles. The van der Waals surface area contributed by atoms with Crippen LogP contribution < -0.4 is 5.32 Å². The molecule has 0 aliphatic carbocycles. The van der Waals surface area contributed by atoms with Gasteiger partial charge < -0.3 is 10.4 Å². The Kier molecular flexibility index (Phi) is 3.48. The molecule has 1 aliphatic heterocycles. The molecule has 1 aromatic rings. The maximum absolute atomic E-state index is 12.4. The van der Waals surface area contributed by atoms with E-state index in [0.29, 0.717) is 6.42 Å². The summed E-state index contributed by atoms with van der Waals surface area (Å²) in [5.74, 6) is 0.515. The fraction of sp³-hybridized carbons (Fsp3) is 0.500. The van der Waals surface area contributed by atoms with Crippen LogP contribution in [0.1, 0.15) is 25.3 Å². The van der Waals surface area contributed by atoms with Crippen LogP contribution in [0.15, 0.2) is 24.3 Å². The summed E-state index contributed by atoms with van der Waals surface area (Å²) in [5.41, 5.74) is 0.709. The van der Waals surface area contributed by atoms with Crippen molar-refractivity contribution in [3.05, 3.63) is 29.8 Å². The number of aromatic hydroxyl groups is 1. The number of hydrogen-bond acceptors (Lipinski definition) is 3. The van der Waals surface area contributed by atoms with Gasteiger partial charge in [-0.25, -0.2) is 0 Å². The zero-order valence-electron chi connectivity index (χ0n) is 10.2. The highest BCUT2D eigenvalue weighted by Crippen LogP contribution is 2.32. The second-order valence-electron chi connectivity index (χ2n) is 4.83. The average molecular weight is 233 g/mol. The SMILES string of the molecule is CCC1(C(=O)Cc2cccc(O)c2)CCNC1. The second kappa shape index (κ2) is 4.88. The summed E-state index contributed by atoms with van der Waals surface area (Å²) in [7, 11) is 0. The number of benzene rings is 1. The minimum Gasteiger partial charge on any atom is -0.508 e. The first kappa shape index (κ1) is 12.1. The van der Waals surface area contributed by atoms with E-state index in [0.717, 1.165) is 31.5 Å². The summed E-state index contributed by atoms with van der Waals surface area (Å²) in [6, 6.07) is 6.97. The Labute approximate surface area is 102 Å². The number of rotatable bonds is 4. The first-order valence-corrected chi connectivity index (χ1v) is 6.18. The van der Waals surface area contributed by atoms with E-state index in [-0.39, 0.29) is 16.9 Å². The second-order valence-corrected chi connectivity index (χ2v) is 4.83. The van der Waals surface area contributed by atoms with Crippen molar-refractivity contribution in [3.8, 4) is 5.75 Å². The third kappa shape index (κ3) is 2.50. The van der Waals surface area contributed by atoms with Gasteiger partial charge in [-0.15, -0.1) is 0 Å². The highest BCUT2D eigenvalue weighted by atomic mass is 16.3. The maximum Gasteiger partial charge on any atom is 0.144 e. The molecule has 3 nitrogen and oxygen atoms in total. The van der Waals surface area contributed by atoms with Gasteiger partial charge in [0.15, 0.2) is 0 Å². The fourth-order valence-corrected chi connectivity index (χ4v) is 2.52. The lowest BCUT2D eigenvalue weighted by Crippen LogP contribution is -2.34. The van der Waals surface area contributed by atoms with Gasteiger partial charge in [0.05, 0.1) is 0 Å². The molecule has 2 rings (SSSR count). The molecule has 1 aliphatic rings. The number of hydrogen-bond donors (Lipinski definition) is 2. The average Bonchev–Trinajstić information content (AvgIpc) is 2.78. The normalized spacial score (nSPS) is 23.8. The van der Waals surface area contributed by atoms with Gasteiger partial charge in [-0.05, 0) is 37.1 Å². The molecular formula is C14H19NO2. The van der Waals surface area contributed by atoms with Gasteiger partial charge in [0.2, 0.25) is 0 Å². The van der Waals surface area contributed by atoms with Crippen LogP contribution in [0, 0.1) is 5.41 Å². The van der Waals surface area contributed by atoms with Gasteiger partial charge in [0, 0.05) is 18.4 Å². The number of phenols is 1. The quantitative estimate of drug-likeness (QED) is 0.835. The molecule has 0 aromatic heterocycles. The number of carbonyl (C=O) groups is 1. The van der Waals surface area contributed by atoms with Crippen molar-refractivity contribution in [3.63, 3.8) is 0 Å². The van der Waals surface area contributed by atoms with Crippen LogP contribution in [0.2, 0.25) is 0 Å². The van der Waals surface area contributed by atoms with Crippen molar-refractivity contribution < 1.29 is 9.90 Å². The van der Waals surface area contributed by atoms with E-state index in [4.69, 9.17) is 0 Å². The molecule has 92 valence electrons. The van der Waals surface area contributed by atoms with Crippen LogP contribution in [0.5, 0.6) is 5.75 Å². The minimum atomic E-state index is -0.189. The molecule has 1 fully saturated rings. The summed E-state index contributed by atoms with van der Waals surface area (Å²) in [5, 5.41) is 12.7. The Bertz CT molecular complexity index is 408. The van der Waals surface area contributed by atoms with Gasteiger partial charge in [0.25, 0.3) is 0 Å².